The first-order chi connectivity index (χ1) is 28.0. The van der Waals surface area contributed by atoms with Gasteiger partial charge in [0.15, 0.2) is 17.5 Å². The SMILES string of the molecule is CC1(C)c2ccccc2-c2ccc(N(c3ccccc3)c3cc4oc5cccc(-c6nc(-c7ccccc7)nc(-c7ccccc7)n6)c5c4c4ccccc34)cc21. The number of anilines is 3. The summed E-state index contributed by atoms with van der Waals surface area (Å²) in [6, 6.07) is 63.6. The van der Waals surface area contributed by atoms with Crippen molar-refractivity contribution in [2.75, 3.05) is 4.90 Å². The molecule has 0 aliphatic heterocycles. The fourth-order valence-corrected chi connectivity index (χ4v) is 8.80. The van der Waals surface area contributed by atoms with Crippen LogP contribution in [0.5, 0.6) is 0 Å². The van der Waals surface area contributed by atoms with Crippen molar-refractivity contribution in [3.05, 3.63) is 193 Å². The molecule has 8 aromatic carbocycles. The van der Waals surface area contributed by atoms with Crippen molar-refractivity contribution < 1.29 is 4.42 Å². The maximum Gasteiger partial charge on any atom is 0.164 e. The molecule has 0 atom stereocenters. The third kappa shape index (κ3) is 5.27. The molecule has 0 amide bonds. The first kappa shape index (κ1) is 33.0. The maximum absolute atomic E-state index is 6.87. The van der Waals surface area contributed by atoms with E-state index in [4.69, 9.17) is 19.4 Å². The fourth-order valence-electron chi connectivity index (χ4n) is 8.80. The van der Waals surface area contributed by atoms with E-state index in [1.165, 1.54) is 22.3 Å². The quantitative estimate of drug-likeness (QED) is 0.170. The molecule has 2 aromatic heterocycles. The first-order valence-corrected chi connectivity index (χ1v) is 19.4. The van der Waals surface area contributed by atoms with Crippen LogP contribution in [0.15, 0.2) is 186 Å². The van der Waals surface area contributed by atoms with Gasteiger partial charge in [0.1, 0.15) is 11.2 Å². The van der Waals surface area contributed by atoms with Crippen LogP contribution in [0.25, 0.3) is 78.0 Å². The van der Waals surface area contributed by atoms with Crippen LogP contribution >= 0.6 is 0 Å². The zero-order valence-electron chi connectivity index (χ0n) is 31.5. The van der Waals surface area contributed by atoms with Crippen LogP contribution in [-0.2, 0) is 5.41 Å². The summed E-state index contributed by atoms with van der Waals surface area (Å²) in [5.74, 6) is 1.84. The second-order valence-corrected chi connectivity index (χ2v) is 15.2. The van der Waals surface area contributed by atoms with Crippen LogP contribution < -0.4 is 4.90 Å². The highest BCUT2D eigenvalue weighted by atomic mass is 16.3. The van der Waals surface area contributed by atoms with E-state index in [1.807, 2.05) is 72.8 Å². The zero-order valence-corrected chi connectivity index (χ0v) is 31.5. The van der Waals surface area contributed by atoms with Crippen LogP contribution in [0.3, 0.4) is 0 Å². The third-order valence-electron chi connectivity index (χ3n) is 11.5. The standard InChI is InChI=1S/C52H36N4O/c1-52(2)42-27-15-14-23-37(42)38-30-29-36(31-43(38)52)56(35-21-10-5-11-22-35)44-32-46-47(40-25-13-12-24-39(40)44)48-41(26-16-28-45(48)57-46)51-54-49(33-17-6-3-7-18-33)53-50(55-51)34-19-8-4-9-20-34/h3-32H,1-2H3. The summed E-state index contributed by atoms with van der Waals surface area (Å²) in [7, 11) is 0. The molecule has 5 nitrogen and oxygen atoms in total. The molecule has 1 aliphatic rings. The Kier molecular flexibility index (Phi) is 7.45. The highest BCUT2D eigenvalue weighted by Crippen LogP contribution is 2.52. The molecule has 0 saturated heterocycles. The number of hydrogen-bond donors (Lipinski definition) is 0. The average Bonchev–Trinajstić information content (AvgIpc) is 3.76. The van der Waals surface area contributed by atoms with Gasteiger partial charge in [-0.05, 0) is 58.0 Å². The molecule has 10 aromatic rings. The molecule has 57 heavy (non-hydrogen) atoms. The van der Waals surface area contributed by atoms with E-state index in [0.717, 1.165) is 66.5 Å². The molecule has 1 aliphatic carbocycles. The van der Waals surface area contributed by atoms with Gasteiger partial charge >= 0.3 is 0 Å². The summed E-state index contributed by atoms with van der Waals surface area (Å²) < 4.78 is 6.87. The topological polar surface area (TPSA) is 55.1 Å². The summed E-state index contributed by atoms with van der Waals surface area (Å²) in [5, 5.41) is 4.20. The van der Waals surface area contributed by atoms with Gasteiger partial charge in [0.05, 0.1) is 5.69 Å². The molecule has 11 rings (SSSR count). The van der Waals surface area contributed by atoms with Gasteiger partial charge in [-0.25, -0.2) is 15.0 Å². The van der Waals surface area contributed by atoms with Crippen molar-refractivity contribution in [2.24, 2.45) is 0 Å². The molecule has 0 bridgehead atoms. The minimum Gasteiger partial charge on any atom is -0.456 e. The summed E-state index contributed by atoms with van der Waals surface area (Å²) in [5.41, 5.74) is 12.7. The van der Waals surface area contributed by atoms with Crippen molar-refractivity contribution in [1.82, 2.24) is 15.0 Å². The molecule has 0 fully saturated rings. The van der Waals surface area contributed by atoms with Gasteiger partial charge < -0.3 is 9.32 Å². The van der Waals surface area contributed by atoms with E-state index in [0.29, 0.717) is 17.5 Å². The molecule has 0 unspecified atom stereocenters. The molecule has 2 heterocycles. The van der Waals surface area contributed by atoms with E-state index in [-0.39, 0.29) is 5.41 Å². The number of para-hydroxylation sites is 1. The monoisotopic (exact) mass is 732 g/mol. The van der Waals surface area contributed by atoms with Crippen molar-refractivity contribution >= 4 is 49.8 Å². The first-order valence-electron chi connectivity index (χ1n) is 19.4. The lowest BCUT2D eigenvalue weighted by Gasteiger charge is -2.29. The van der Waals surface area contributed by atoms with E-state index in [9.17, 15) is 0 Å². The Bertz CT molecular complexity index is 3100. The van der Waals surface area contributed by atoms with Crippen LogP contribution in [0, 0.1) is 0 Å². The minimum absolute atomic E-state index is 0.138. The second-order valence-electron chi connectivity index (χ2n) is 15.2. The Hall–Kier alpha value is -7.37. The van der Waals surface area contributed by atoms with Crippen molar-refractivity contribution in [3.8, 4) is 45.3 Å². The van der Waals surface area contributed by atoms with Gasteiger partial charge in [0.2, 0.25) is 0 Å². The Morgan fingerprint density at radius 2 is 1.00 bits per heavy atom. The molecule has 5 heteroatoms. The summed E-state index contributed by atoms with van der Waals surface area (Å²) in [6.45, 7) is 4.67. The maximum atomic E-state index is 6.87. The lowest BCUT2D eigenvalue weighted by molar-refractivity contribution is 0.660. The van der Waals surface area contributed by atoms with Gasteiger partial charge in [-0.2, -0.15) is 0 Å². The number of fused-ring (bicyclic) bond motifs is 8. The van der Waals surface area contributed by atoms with E-state index in [1.54, 1.807) is 0 Å². The molecule has 0 radical (unpaired) electrons. The predicted octanol–water partition coefficient (Wildman–Crippen LogP) is 13.7. The smallest absolute Gasteiger partial charge is 0.164 e. The Labute approximate surface area is 330 Å². The number of furan rings is 1. The number of aromatic nitrogens is 3. The van der Waals surface area contributed by atoms with Crippen molar-refractivity contribution in [3.63, 3.8) is 0 Å². The summed E-state index contributed by atoms with van der Waals surface area (Å²) in [6.07, 6.45) is 0. The third-order valence-corrected chi connectivity index (χ3v) is 11.5. The van der Waals surface area contributed by atoms with Crippen LogP contribution in [0.1, 0.15) is 25.0 Å². The molecule has 0 saturated carbocycles. The van der Waals surface area contributed by atoms with Gasteiger partial charge in [-0.1, -0.05) is 159 Å². The molecule has 270 valence electrons. The molecular formula is C52H36N4O. The van der Waals surface area contributed by atoms with E-state index >= 15 is 0 Å². The van der Waals surface area contributed by atoms with Gasteiger partial charge in [-0.3, -0.25) is 0 Å². The van der Waals surface area contributed by atoms with Crippen LogP contribution in [0.2, 0.25) is 0 Å². The predicted molar refractivity (Wildman–Crippen MR) is 233 cm³/mol. The van der Waals surface area contributed by atoms with Crippen LogP contribution in [-0.4, -0.2) is 15.0 Å². The number of nitrogens with zero attached hydrogens (tertiary/aromatic N) is 4. The van der Waals surface area contributed by atoms with Crippen molar-refractivity contribution in [2.45, 2.75) is 19.3 Å². The van der Waals surface area contributed by atoms with Gasteiger partial charge in [0.25, 0.3) is 0 Å². The molecular weight excluding hydrogens is 697 g/mol. The number of rotatable bonds is 6. The highest BCUT2D eigenvalue weighted by Gasteiger charge is 2.36. The normalized spacial score (nSPS) is 12.9. The largest absolute Gasteiger partial charge is 0.456 e. The second kappa shape index (κ2) is 12.9. The Morgan fingerprint density at radius 3 is 1.72 bits per heavy atom. The fraction of sp³-hybridized carbons (Fsp3) is 0.0577. The lowest BCUT2D eigenvalue weighted by atomic mass is 9.82. The number of benzene rings is 8. The average molecular weight is 733 g/mol. The zero-order chi connectivity index (χ0) is 38.1. The van der Waals surface area contributed by atoms with Crippen LogP contribution in [0.4, 0.5) is 17.1 Å². The molecule has 0 spiro atoms. The van der Waals surface area contributed by atoms with E-state index < -0.39 is 0 Å². The highest BCUT2D eigenvalue weighted by molar-refractivity contribution is 6.25. The summed E-state index contributed by atoms with van der Waals surface area (Å²) >= 11 is 0. The van der Waals surface area contributed by atoms with Gasteiger partial charge in [-0.15, -0.1) is 0 Å². The number of hydrogen-bond acceptors (Lipinski definition) is 5. The Balaban J connectivity index is 1.15. The summed E-state index contributed by atoms with van der Waals surface area (Å²) in [4.78, 5) is 17.6. The van der Waals surface area contributed by atoms with Gasteiger partial charge in [0, 0.05) is 55.7 Å². The Morgan fingerprint density at radius 1 is 0.421 bits per heavy atom. The minimum atomic E-state index is -0.138. The van der Waals surface area contributed by atoms with E-state index in [2.05, 4.69) is 128 Å². The van der Waals surface area contributed by atoms with Crippen molar-refractivity contribution in [1.29, 1.82) is 0 Å². The molecule has 0 N–H and O–H groups in total. The lowest BCUT2D eigenvalue weighted by Crippen LogP contribution is -2.16.